The minimum atomic E-state index is -0.493. The van der Waals surface area contributed by atoms with Crippen LogP contribution in [0.25, 0.3) is 11.5 Å². The fourth-order valence-electron chi connectivity index (χ4n) is 1.91. The summed E-state index contributed by atoms with van der Waals surface area (Å²) in [5, 5.41) is 23.5. The van der Waals surface area contributed by atoms with Crippen molar-refractivity contribution in [3.63, 3.8) is 0 Å². The Kier molecular flexibility index (Phi) is 5.41. The number of rotatable bonds is 7. The Labute approximate surface area is 150 Å². The van der Waals surface area contributed by atoms with Gasteiger partial charge in [0.15, 0.2) is 0 Å². The number of thioether (sulfide) groups is 1. The maximum Gasteiger partial charge on any atom is 0.277 e. The van der Waals surface area contributed by atoms with Crippen molar-refractivity contribution >= 4 is 34.7 Å². The Morgan fingerprint density at radius 1 is 1.32 bits per heavy atom. The topological polar surface area (TPSA) is 111 Å². The Bertz CT molecular complexity index is 879. The van der Waals surface area contributed by atoms with E-state index in [1.165, 1.54) is 12.1 Å². The van der Waals surface area contributed by atoms with Crippen molar-refractivity contribution in [3.05, 3.63) is 56.8 Å². The van der Waals surface area contributed by atoms with Gasteiger partial charge in [-0.2, -0.15) is 0 Å². The molecule has 128 valence electrons. The average Bonchev–Trinajstić information content (AvgIpc) is 3.30. The third kappa shape index (κ3) is 4.64. The van der Waals surface area contributed by atoms with Gasteiger partial charge in [-0.3, -0.25) is 14.9 Å². The molecule has 8 nitrogen and oxygen atoms in total. The number of nitro benzene ring substituents is 1. The van der Waals surface area contributed by atoms with Gasteiger partial charge >= 0.3 is 0 Å². The quantitative estimate of drug-likeness (QED) is 0.383. The zero-order valence-corrected chi connectivity index (χ0v) is 14.4. The molecule has 0 unspecified atom stereocenters. The van der Waals surface area contributed by atoms with Crippen LogP contribution in [0.3, 0.4) is 0 Å². The fraction of sp³-hybridized carbons (Fsp3) is 0.133. The van der Waals surface area contributed by atoms with E-state index in [4.69, 9.17) is 4.42 Å². The molecule has 0 aliphatic heterocycles. The summed E-state index contributed by atoms with van der Waals surface area (Å²) in [6, 6.07) is 9.80. The Balaban J connectivity index is 1.55. The molecule has 2 heterocycles. The summed E-state index contributed by atoms with van der Waals surface area (Å²) >= 11 is 2.68. The number of benzene rings is 1. The number of carbonyl (C=O) groups excluding carboxylic acids is 1. The van der Waals surface area contributed by atoms with Crippen molar-refractivity contribution in [2.24, 2.45) is 0 Å². The molecule has 25 heavy (non-hydrogen) atoms. The maximum absolute atomic E-state index is 11.8. The van der Waals surface area contributed by atoms with E-state index in [9.17, 15) is 14.9 Å². The van der Waals surface area contributed by atoms with Gasteiger partial charge in [0.2, 0.25) is 11.8 Å². The SMILES string of the molecule is O=C(CSc1nnc(-c2cccc([N+](=O)[O-])c2)o1)NCc1cccs1. The lowest BCUT2D eigenvalue weighted by molar-refractivity contribution is -0.384. The van der Waals surface area contributed by atoms with Gasteiger partial charge in [0.25, 0.3) is 10.9 Å². The predicted molar refractivity (Wildman–Crippen MR) is 93.3 cm³/mol. The molecule has 0 radical (unpaired) electrons. The predicted octanol–water partition coefficient (Wildman–Crippen LogP) is 3.11. The molecule has 1 aromatic carbocycles. The van der Waals surface area contributed by atoms with Gasteiger partial charge in [0.1, 0.15) is 0 Å². The number of non-ortho nitro benzene ring substituents is 1. The first kappa shape index (κ1) is 17.1. The van der Waals surface area contributed by atoms with E-state index in [0.717, 1.165) is 16.6 Å². The molecule has 0 saturated carbocycles. The van der Waals surface area contributed by atoms with Crippen LogP contribution in [0, 0.1) is 10.1 Å². The van der Waals surface area contributed by atoms with Gasteiger partial charge < -0.3 is 9.73 Å². The second kappa shape index (κ2) is 7.90. The molecular weight excluding hydrogens is 364 g/mol. The van der Waals surface area contributed by atoms with Crippen LogP contribution in [0.15, 0.2) is 51.4 Å². The first-order valence-electron chi connectivity index (χ1n) is 7.12. The number of nitrogens with one attached hydrogen (secondary N) is 1. The summed E-state index contributed by atoms with van der Waals surface area (Å²) in [6.45, 7) is 0.486. The molecule has 0 spiro atoms. The van der Waals surface area contributed by atoms with Crippen LogP contribution in [0.4, 0.5) is 5.69 Å². The maximum atomic E-state index is 11.8. The summed E-state index contributed by atoms with van der Waals surface area (Å²) in [4.78, 5) is 23.2. The second-order valence-corrected chi connectivity index (χ2v) is 6.78. The molecule has 0 bridgehead atoms. The van der Waals surface area contributed by atoms with Crippen LogP contribution in [-0.2, 0) is 11.3 Å². The summed E-state index contributed by atoms with van der Waals surface area (Å²) in [5.41, 5.74) is 0.397. The summed E-state index contributed by atoms with van der Waals surface area (Å²) < 4.78 is 5.45. The third-order valence-corrected chi connectivity index (χ3v) is 4.77. The number of thiophene rings is 1. The Morgan fingerprint density at radius 2 is 2.20 bits per heavy atom. The standard InChI is InChI=1S/C15H12N4O4S2/c20-13(16-8-12-5-2-6-24-12)9-25-15-18-17-14(23-15)10-3-1-4-11(7-10)19(21)22/h1-7H,8-9H2,(H,16,20). The lowest BCUT2D eigenvalue weighted by Gasteiger charge is -2.01. The lowest BCUT2D eigenvalue weighted by Crippen LogP contribution is -2.24. The van der Waals surface area contributed by atoms with Crippen molar-refractivity contribution in [2.45, 2.75) is 11.8 Å². The molecule has 0 aliphatic rings. The van der Waals surface area contributed by atoms with Crippen molar-refractivity contribution in [3.8, 4) is 11.5 Å². The summed E-state index contributed by atoms with van der Waals surface area (Å²) in [5.74, 6) is 0.167. The number of carbonyl (C=O) groups is 1. The van der Waals surface area contributed by atoms with Crippen LogP contribution in [-0.4, -0.2) is 26.8 Å². The minimum Gasteiger partial charge on any atom is -0.411 e. The molecule has 0 atom stereocenters. The van der Waals surface area contributed by atoms with Gasteiger partial charge in [-0.25, -0.2) is 0 Å². The molecule has 0 fully saturated rings. The smallest absolute Gasteiger partial charge is 0.277 e. The highest BCUT2D eigenvalue weighted by Gasteiger charge is 2.14. The van der Waals surface area contributed by atoms with Crippen molar-refractivity contribution < 1.29 is 14.1 Å². The van der Waals surface area contributed by atoms with E-state index in [-0.39, 0.29) is 28.5 Å². The van der Waals surface area contributed by atoms with Crippen LogP contribution < -0.4 is 5.32 Å². The van der Waals surface area contributed by atoms with Crippen LogP contribution in [0.5, 0.6) is 0 Å². The number of aromatic nitrogens is 2. The number of nitro groups is 1. The van der Waals surface area contributed by atoms with E-state index < -0.39 is 4.92 Å². The molecular formula is C15H12N4O4S2. The third-order valence-electron chi connectivity index (χ3n) is 3.08. The first-order chi connectivity index (χ1) is 12.1. The number of hydrogen-bond donors (Lipinski definition) is 1. The monoisotopic (exact) mass is 376 g/mol. The van der Waals surface area contributed by atoms with E-state index in [1.54, 1.807) is 23.5 Å². The van der Waals surface area contributed by atoms with Gasteiger partial charge in [-0.1, -0.05) is 23.9 Å². The molecule has 3 rings (SSSR count). The second-order valence-electron chi connectivity index (χ2n) is 4.83. The van der Waals surface area contributed by atoms with Gasteiger partial charge in [-0.05, 0) is 17.5 Å². The van der Waals surface area contributed by atoms with Crippen molar-refractivity contribution in [2.75, 3.05) is 5.75 Å². The molecule has 10 heteroatoms. The largest absolute Gasteiger partial charge is 0.411 e. The minimum absolute atomic E-state index is 0.0575. The molecule has 0 aliphatic carbocycles. The van der Waals surface area contributed by atoms with Crippen LogP contribution in [0.1, 0.15) is 4.88 Å². The van der Waals surface area contributed by atoms with E-state index >= 15 is 0 Å². The number of hydrogen-bond acceptors (Lipinski definition) is 8. The highest BCUT2D eigenvalue weighted by Crippen LogP contribution is 2.25. The van der Waals surface area contributed by atoms with E-state index in [2.05, 4.69) is 15.5 Å². The Hall–Kier alpha value is -2.72. The molecule has 2 aromatic heterocycles. The number of amides is 1. The van der Waals surface area contributed by atoms with E-state index in [1.807, 2.05) is 17.5 Å². The van der Waals surface area contributed by atoms with Crippen molar-refractivity contribution in [1.29, 1.82) is 0 Å². The summed E-state index contributed by atoms with van der Waals surface area (Å²) in [6.07, 6.45) is 0. The molecule has 3 aromatic rings. The highest BCUT2D eigenvalue weighted by atomic mass is 32.2. The Morgan fingerprint density at radius 3 is 2.96 bits per heavy atom. The van der Waals surface area contributed by atoms with Gasteiger partial charge in [-0.15, -0.1) is 21.5 Å². The average molecular weight is 376 g/mol. The highest BCUT2D eigenvalue weighted by molar-refractivity contribution is 7.99. The van der Waals surface area contributed by atoms with Gasteiger partial charge in [0, 0.05) is 22.6 Å². The van der Waals surface area contributed by atoms with Crippen LogP contribution in [0.2, 0.25) is 0 Å². The van der Waals surface area contributed by atoms with E-state index in [0.29, 0.717) is 12.1 Å². The fourth-order valence-corrected chi connectivity index (χ4v) is 3.15. The summed E-state index contributed by atoms with van der Waals surface area (Å²) in [7, 11) is 0. The lowest BCUT2D eigenvalue weighted by atomic mass is 10.2. The first-order valence-corrected chi connectivity index (χ1v) is 8.98. The normalized spacial score (nSPS) is 10.6. The van der Waals surface area contributed by atoms with Crippen molar-refractivity contribution in [1.82, 2.24) is 15.5 Å². The molecule has 1 amide bonds. The zero-order valence-electron chi connectivity index (χ0n) is 12.7. The van der Waals surface area contributed by atoms with Crippen LogP contribution >= 0.6 is 23.1 Å². The zero-order chi connectivity index (χ0) is 17.6. The number of nitrogens with zero attached hydrogens (tertiary/aromatic N) is 3. The molecule has 1 N–H and O–H groups in total. The van der Waals surface area contributed by atoms with Gasteiger partial charge in [0.05, 0.1) is 17.2 Å². The molecule has 0 saturated heterocycles.